The van der Waals surface area contributed by atoms with Crippen molar-refractivity contribution in [1.29, 1.82) is 0 Å². The van der Waals surface area contributed by atoms with E-state index in [1.165, 1.54) is 6.26 Å². The molecule has 0 amide bonds. The molecule has 1 N–H and O–H groups in total. The summed E-state index contributed by atoms with van der Waals surface area (Å²) in [5.41, 5.74) is 0.817. The molecule has 0 saturated carbocycles. The van der Waals surface area contributed by atoms with E-state index in [4.69, 9.17) is 0 Å². The molecule has 0 aliphatic rings. The van der Waals surface area contributed by atoms with E-state index in [0.717, 1.165) is 18.8 Å². The molecular formula is C14H24N2O2S. The lowest BCUT2D eigenvalue weighted by molar-refractivity contribution is 0.430. The molecule has 108 valence electrons. The SMILES string of the molecule is CN(CCNC(C)(C)C)c1ccccc1S(C)(=O)=O. The number of para-hydroxylation sites is 1. The van der Waals surface area contributed by atoms with Crippen molar-refractivity contribution in [2.45, 2.75) is 31.2 Å². The van der Waals surface area contributed by atoms with Crippen molar-refractivity contribution in [2.75, 3.05) is 31.3 Å². The number of likely N-dealkylation sites (N-methyl/N-ethyl adjacent to an activating group) is 1. The van der Waals surface area contributed by atoms with Crippen molar-refractivity contribution in [3.8, 4) is 0 Å². The van der Waals surface area contributed by atoms with Crippen LogP contribution in [0.25, 0.3) is 0 Å². The van der Waals surface area contributed by atoms with E-state index in [9.17, 15) is 8.42 Å². The maximum Gasteiger partial charge on any atom is 0.177 e. The lowest BCUT2D eigenvalue weighted by Crippen LogP contribution is -2.40. The molecule has 1 aromatic rings. The van der Waals surface area contributed by atoms with Gasteiger partial charge in [-0.3, -0.25) is 0 Å². The van der Waals surface area contributed by atoms with Gasteiger partial charge in [0.25, 0.3) is 0 Å². The van der Waals surface area contributed by atoms with E-state index in [-0.39, 0.29) is 5.54 Å². The third-order valence-corrected chi connectivity index (χ3v) is 3.92. The lowest BCUT2D eigenvalue weighted by Gasteiger charge is -2.25. The Morgan fingerprint density at radius 3 is 2.32 bits per heavy atom. The van der Waals surface area contributed by atoms with Gasteiger partial charge in [0.1, 0.15) is 0 Å². The first-order valence-corrected chi connectivity index (χ1v) is 8.26. The molecule has 0 unspecified atom stereocenters. The smallest absolute Gasteiger partial charge is 0.177 e. The summed E-state index contributed by atoms with van der Waals surface area (Å²) >= 11 is 0. The zero-order chi connectivity index (χ0) is 14.7. The Hall–Kier alpha value is -1.07. The van der Waals surface area contributed by atoms with Gasteiger partial charge in [-0.2, -0.15) is 0 Å². The molecule has 0 atom stereocenters. The van der Waals surface area contributed by atoms with Crippen molar-refractivity contribution in [2.24, 2.45) is 0 Å². The molecule has 0 fully saturated rings. The summed E-state index contributed by atoms with van der Waals surface area (Å²) in [5, 5.41) is 3.39. The average molecular weight is 284 g/mol. The van der Waals surface area contributed by atoms with Crippen molar-refractivity contribution < 1.29 is 8.42 Å². The van der Waals surface area contributed by atoms with Crippen LogP contribution in [0.3, 0.4) is 0 Å². The monoisotopic (exact) mass is 284 g/mol. The molecule has 1 rings (SSSR count). The Morgan fingerprint density at radius 2 is 1.79 bits per heavy atom. The number of benzene rings is 1. The van der Waals surface area contributed by atoms with E-state index in [2.05, 4.69) is 26.1 Å². The van der Waals surface area contributed by atoms with Gasteiger partial charge in [-0.1, -0.05) is 12.1 Å². The molecule has 0 bridgehead atoms. The largest absolute Gasteiger partial charge is 0.372 e. The van der Waals surface area contributed by atoms with Gasteiger partial charge in [-0.15, -0.1) is 0 Å². The van der Waals surface area contributed by atoms with Crippen molar-refractivity contribution in [3.63, 3.8) is 0 Å². The van der Waals surface area contributed by atoms with Crippen LogP contribution in [0.4, 0.5) is 5.69 Å². The fourth-order valence-electron chi connectivity index (χ4n) is 1.81. The molecule has 5 heteroatoms. The van der Waals surface area contributed by atoms with Crippen LogP contribution in [0.1, 0.15) is 20.8 Å². The fourth-order valence-corrected chi connectivity index (χ4v) is 2.73. The highest BCUT2D eigenvalue weighted by Crippen LogP contribution is 2.23. The van der Waals surface area contributed by atoms with Crippen LogP contribution in [0.15, 0.2) is 29.2 Å². The van der Waals surface area contributed by atoms with Crippen molar-refractivity contribution >= 4 is 15.5 Å². The number of nitrogens with zero attached hydrogens (tertiary/aromatic N) is 1. The van der Waals surface area contributed by atoms with Crippen LogP contribution in [-0.4, -0.2) is 40.3 Å². The van der Waals surface area contributed by atoms with Crippen molar-refractivity contribution in [3.05, 3.63) is 24.3 Å². The quantitative estimate of drug-likeness (QED) is 0.897. The van der Waals surface area contributed by atoms with Crippen LogP contribution in [0, 0.1) is 0 Å². The molecule has 4 nitrogen and oxygen atoms in total. The summed E-state index contributed by atoms with van der Waals surface area (Å²) in [6.45, 7) is 7.88. The predicted octanol–water partition coefficient (Wildman–Crippen LogP) is 1.91. The van der Waals surface area contributed by atoms with Gasteiger partial charge >= 0.3 is 0 Å². The molecule has 0 aliphatic heterocycles. The highest BCUT2D eigenvalue weighted by atomic mass is 32.2. The Kier molecular flexibility index (Phi) is 4.98. The Balaban J connectivity index is 2.81. The second-order valence-electron chi connectivity index (χ2n) is 5.84. The van der Waals surface area contributed by atoms with Gasteiger partial charge in [0.05, 0.1) is 10.6 Å². The first-order chi connectivity index (χ1) is 8.61. The Morgan fingerprint density at radius 1 is 1.21 bits per heavy atom. The average Bonchev–Trinajstić information content (AvgIpc) is 2.26. The molecule has 19 heavy (non-hydrogen) atoms. The zero-order valence-corrected chi connectivity index (χ0v) is 13.2. The van der Waals surface area contributed by atoms with Crippen LogP contribution in [0.2, 0.25) is 0 Å². The molecule has 1 aromatic carbocycles. The van der Waals surface area contributed by atoms with E-state index < -0.39 is 9.84 Å². The minimum absolute atomic E-state index is 0.0667. The summed E-state index contributed by atoms with van der Waals surface area (Å²) < 4.78 is 23.5. The third kappa shape index (κ3) is 5.20. The number of hydrogen-bond donors (Lipinski definition) is 1. The van der Waals surface area contributed by atoms with Gasteiger partial charge in [-0.05, 0) is 32.9 Å². The van der Waals surface area contributed by atoms with Crippen LogP contribution in [-0.2, 0) is 9.84 Å². The predicted molar refractivity (Wildman–Crippen MR) is 80.6 cm³/mol. The summed E-state index contributed by atoms with van der Waals surface area (Å²) in [6.07, 6.45) is 1.24. The summed E-state index contributed by atoms with van der Waals surface area (Å²) in [4.78, 5) is 2.35. The lowest BCUT2D eigenvalue weighted by atomic mass is 10.1. The normalized spacial score (nSPS) is 12.5. The van der Waals surface area contributed by atoms with E-state index in [1.807, 2.05) is 24.1 Å². The third-order valence-electron chi connectivity index (χ3n) is 2.78. The second kappa shape index (κ2) is 5.92. The Labute approximate surface area is 116 Å². The second-order valence-corrected chi connectivity index (χ2v) is 7.82. The molecule has 0 spiro atoms. The van der Waals surface area contributed by atoms with Crippen molar-refractivity contribution in [1.82, 2.24) is 5.32 Å². The molecule has 0 saturated heterocycles. The maximum absolute atomic E-state index is 11.7. The van der Waals surface area contributed by atoms with Gasteiger partial charge in [0, 0.05) is 31.9 Å². The van der Waals surface area contributed by atoms with Gasteiger partial charge in [0.2, 0.25) is 0 Å². The van der Waals surface area contributed by atoms with Crippen LogP contribution in [0.5, 0.6) is 0 Å². The van der Waals surface area contributed by atoms with Gasteiger partial charge < -0.3 is 10.2 Å². The molecule has 0 aromatic heterocycles. The standard InChI is InChI=1S/C14H24N2O2S/c1-14(2,3)15-10-11-16(4)12-8-6-7-9-13(12)19(5,17)18/h6-9,15H,10-11H2,1-5H3. The summed E-state index contributed by atoms with van der Waals surface area (Å²) in [6, 6.07) is 7.10. The minimum Gasteiger partial charge on any atom is -0.372 e. The first-order valence-electron chi connectivity index (χ1n) is 6.36. The van der Waals surface area contributed by atoms with Gasteiger partial charge in [-0.25, -0.2) is 8.42 Å². The fraction of sp³-hybridized carbons (Fsp3) is 0.571. The number of anilines is 1. The minimum atomic E-state index is -3.19. The highest BCUT2D eigenvalue weighted by Gasteiger charge is 2.15. The van der Waals surface area contributed by atoms with Gasteiger partial charge in [0.15, 0.2) is 9.84 Å². The topological polar surface area (TPSA) is 49.4 Å². The van der Waals surface area contributed by atoms with E-state index >= 15 is 0 Å². The first kappa shape index (κ1) is 16.0. The van der Waals surface area contributed by atoms with Crippen LogP contribution < -0.4 is 10.2 Å². The summed E-state index contributed by atoms with van der Waals surface area (Å²) in [7, 11) is -1.28. The zero-order valence-electron chi connectivity index (χ0n) is 12.4. The molecular weight excluding hydrogens is 260 g/mol. The molecule has 0 heterocycles. The number of sulfone groups is 1. The Bertz CT molecular complexity index is 518. The number of nitrogens with one attached hydrogen (secondary N) is 1. The van der Waals surface area contributed by atoms with Crippen LogP contribution >= 0.6 is 0 Å². The number of hydrogen-bond acceptors (Lipinski definition) is 4. The highest BCUT2D eigenvalue weighted by molar-refractivity contribution is 7.90. The van der Waals surface area contributed by atoms with E-state index in [0.29, 0.717) is 4.90 Å². The maximum atomic E-state index is 11.7. The molecule has 0 radical (unpaired) electrons. The summed E-state index contributed by atoms with van der Waals surface area (Å²) in [5.74, 6) is 0. The van der Waals surface area contributed by atoms with E-state index in [1.54, 1.807) is 12.1 Å². The molecule has 0 aliphatic carbocycles. The number of rotatable bonds is 5.